The Morgan fingerprint density at radius 1 is 1.56 bits per heavy atom. The van der Waals surface area contributed by atoms with Crippen molar-refractivity contribution in [2.75, 3.05) is 18.4 Å². The zero-order chi connectivity index (χ0) is 11.5. The molecular weight excluding hydrogens is 206 g/mol. The highest BCUT2D eigenvalue weighted by molar-refractivity contribution is 5.94. The maximum absolute atomic E-state index is 11.9. The maximum atomic E-state index is 11.9. The molecule has 88 valence electrons. The van der Waals surface area contributed by atoms with Gasteiger partial charge in [0.25, 0.3) is 0 Å². The van der Waals surface area contributed by atoms with E-state index in [4.69, 9.17) is 0 Å². The molecule has 0 bridgehead atoms. The van der Waals surface area contributed by atoms with E-state index in [1.807, 2.05) is 0 Å². The fourth-order valence-corrected chi connectivity index (χ4v) is 1.68. The van der Waals surface area contributed by atoms with Crippen LogP contribution in [0.25, 0.3) is 0 Å². The Balaban J connectivity index is 1.91. The Bertz CT molecular complexity index is 367. The molecular formula is C10H17N5O. The van der Waals surface area contributed by atoms with Crippen molar-refractivity contribution in [2.24, 2.45) is 7.05 Å². The van der Waals surface area contributed by atoms with Crippen LogP contribution in [0.15, 0.2) is 12.3 Å². The molecule has 3 N–H and O–H groups in total. The Hall–Kier alpha value is -1.40. The van der Waals surface area contributed by atoms with Gasteiger partial charge in [0.05, 0.1) is 12.2 Å². The number of aromatic nitrogens is 2. The standard InChI is InChI=1S/C10H17N5O/c1-7-5-12-8(6-11-7)10(16)14-9-3-4-13-15(9)2/h3-4,7-8,11-12H,5-6H2,1-2H3,(H,14,16). The highest BCUT2D eigenvalue weighted by atomic mass is 16.2. The van der Waals surface area contributed by atoms with Gasteiger partial charge in [-0.05, 0) is 6.92 Å². The van der Waals surface area contributed by atoms with Crippen LogP contribution < -0.4 is 16.0 Å². The van der Waals surface area contributed by atoms with Crippen LogP contribution in [-0.4, -0.2) is 40.9 Å². The smallest absolute Gasteiger partial charge is 0.243 e. The molecule has 0 aromatic carbocycles. The van der Waals surface area contributed by atoms with E-state index in [1.165, 1.54) is 0 Å². The number of carbonyl (C=O) groups excluding carboxylic acids is 1. The third-order valence-corrected chi connectivity index (χ3v) is 2.73. The summed E-state index contributed by atoms with van der Waals surface area (Å²) in [5, 5.41) is 13.3. The third-order valence-electron chi connectivity index (χ3n) is 2.73. The second-order valence-corrected chi connectivity index (χ2v) is 4.10. The summed E-state index contributed by atoms with van der Waals surface area (Å²) in [7, 11) is 1.80. The Morgan fingerprint density at radius 3 is 2.94 bits per heavy atom. The highest BCUT2D eigenvalue weighted by Crippen LogP contribution is 2.04. The Labute approximate surface area is 94.4 Å². The molecule has 2 unspecified atom stereocenters. The number of amides is 1. The van der Waals surface area contributed by atoms with Crippen LogP contribution in [0, 0.1) is 0 Å². The number of hydrogen-bond acceptors (Lipinski definition) is 4. The molecule has 0 spiro atoms. The van der Waals surface area contributed by atoms with Crippen molar-refractivity contribution < 1.29 is 4.79 Å². The predicted molar refractivity (Wildman–Crippen MR) is 61.1 cm³/mol. The zero-order valence-corrected chi connectivity index (χ0v) is 9.53. The highest BCUT2D eigenvalue weighted by Gasteiger charge is 2.23. The van der Waals surface area contributed by atoms with Gasteiger partial charge in [-0.1, -0.05) is 0 Å². The lowest BCUT2D eigenvalue weighted by molar-refractivity contribution is -0.118. The van der Waals surface area contributed by atoms with E-state index < -0.39 is 0 Å². The monoisotopic (exact) mass is 223 g/mol. The van der Waals surface area contributed by atoms with Crippen LogP contribution in [0.2, 0.25) is 0 Å². The average Bonchev–Trinajstić information content (AvgIpc) is 2.65. The van der Waals surface area contributed by atoms with Gasteiger partial charge in [-0.25, -0.2) is 0 Å². The number of anilines is 1. The van der Waals surface area contributed by atoms with E-state index in [0.29, 0.717) is 18.4 Å². The predicted octanol–water partition coefficient (Wildman–Crippen LogP) is -0.691. The molecule has 6 heteroatoms. The quantitative estimate of drug-likeness (QED) is 0.620. The van der Waals surface area contributed by atoms with Crippen LogP contribution in [0.4, 0.5) is 5.82 Å². The van der Waals surface area contributed by atoms with Crippen molar-refractivity contribution in [1.29, 1.82) is 0 Å². The minimum Gasteiger partial charge on any atom is -0.311 e. The van der Waals surface area contributed by atoms with Crippen molar-refractivity contribution >= 4 is 11.7 Å². The van der Waals surface area contributed by atoms with E-state index >= 15 is 0 Å². The minimum atomic E-state index is -0.175. The molecule has 1 aliphatic heterocycles. The van der Waals surface area contributed by atoms with Crippen molar-refractivity contribution in [3.8, 4) is 0 Å². The normalized spacial score (nSPS) is 25.4. The van der Waals surface area contributed by atoms with Crippen molar-refractivity contribution in [1.82, 2.24) is 20.4 Å². The van der Waals surface area contributed by atoms with Crippen LogP contribution in [0.1, 0.15) is 6.92 Å². The molecule has 1 aliphatic rings. The van der Waals surface area contributed by atoms with Crippen molar-refractivity contribution in [3.05, 3.63) is 12.3 Å². The molecule has 2 heterocycles. The number of nitrogens with zero attached hydrogens (tertiary/aromatic N) is 2. The molecule has 0 radical (unpaired) electrons. The summed E-state index contributed by atoms with van der Waals surface area (Å²) in [6.45, 7) is 3.55. The van der Waals surface area contributed by atoms with Gasteiger partial charge in [-0.3, -0.25) is 9.48 Å². The van der Waals surface area contributed by atoms with Gasteiger partial charge < -0.3 is 16.0 Å². The number of nitrogens with one attached hydrogen (secondary N) is 3. The van der Waals surface area contributed by atoms with Crippen LogP contribution in [0.5, 0.6) is 0 Å². The van der Waals surface area contributed by atoms with Crippen LogP contribution in [-0.2, 0) is 11.8 Å². The Morgan fingerprint density at radius 2 is 2.38 bits per heavy atom. The van der Waals surface area contributed by atoms with Gasteiger partial charge in [-0.15, -0.1) is 0 Å². The largest absolute Gasteiger partial charge is 0.311 e. The first-order chi connectivity index (χ1) is 7.66. The molecule has 1 saturated heterocycles. The van der Waals surface area contributed by atoms with Gasteiger partial charge in [0, 0.05) is 32.2 Å². The first-order valence-corrected chi connectivity index (χ1v) is 5.42. The lowest BCUT2D eigenvalue weighted by atomic mass is 10.1. The summed E-state index contributed by atoms with van der Waals surface area (Å²) in [5.74, 6) is 0.688. The lowest BCUT2D eigenvalue weighted by Crippen LogP contribution is -2.57. The molecule has 16 heavy (non-hydrogen) atoms. The van der Waals surface area contributed by atoms with E-state index in [9.17, 15) is 4.79 Å². The summed E-state index contributed by atoms with van der Waals surface area (Å²) in [6.07, 6.45) is 1.66. The van der Waals surface area contributed by atoms with Gasteiger partial charge in [0.1, 0.15) is 5.82 Å². The van der Waals surface area contributed by atoms with Gasteiger partial charge in [0.2, 0.25) is 5.91 Å². The Kier molecular flexibility index (Phi) is 3.21. The van der Waals surface area contributed by atoms with Crippen molar-refractivity contribution in [2.45, 2.75) is 19.0 Å². The molecule has 0 aliphatic carbocycles. The number of aryl methyl sites for hydroxylation is 1. The lowest BCUT2D eigenvalue weighted by Gasteiger charge is -2.28. The number of hydrogen-bond donors (Lipinski definition) is 3. The second kappa shape index (κ2) is 4.63. The van der Waals surface area contributed by atoms with E-state index in [0.717, 1.165) is 6.54 Å². The third kappa shape index (κ3) is 2.40. The van der Waals surface area contributed by atoms with Crippen LogP contribution >= 0.6 is 0 Å². The molecule has 2 atom stereocenters. The first kappa shape index (κ1) is 11.1. The summed E-state index contributed by atoms with van der Waals surface area (Å²) < 4.78 is 1.64. The fraction of sp³-hybridized carbons (Fsp3) is 0.600. The van der Waals surface area contributed by atoms with E-state index in [1.54, 1.807) is 24.0 Å². The molecule has 1 amide bonds. The molecule has 1 aromatic heterocycles. The summed E-state index contributed by atoms with van der Waals surface area (Å²) in [5.41, 5.74) is 0. The second-order valence-electron chi connectivity index (χ2n) is 4.10. The van der Waals surface area contributed by atoms with Gasteiger partial charge in [-0.2, -0.15) is 5.10 Å². The molecule has 1 fully saturated rings. The molecule has 1 aromatic rings. The first-order valence-electron chi connectivity index (χ1n) is 5.42. The summed E-state index contributed by atoms with van der Waals surface area (Å²) >= 11 is 0. The molecule has 0 saturated carbocycles. The number of carbonyl (C=O) groups is 1. The fourth-order valence-electron chi connectivity index (χ4n) is 1.68. The topological polar surface area (TPSA) is 71.0 Å². The average molecular weight is 223 g/mol. The van der Waals surface area contributed by atoms with E-state index in [2.05, 4.69) is 28.0 Å². The zero-order valence-electron chi connectivity index (χ0n) is 9.53. The maximum Gasteiger partial charge on any atom is 0.243 e. The van der Waals surface area contributed by atoms with Gasteiger partial charge in [0.15, 0.2) is 0 Å². The van der Waals surface area contributed by atoms with E-state index in [-0.39, 0.29) is 11.9 Å². The molecule has 6 nitrogen and oxygen atoms in total. The van der Waals surface area contributed by atoms with Crippen LogP contribution in [0.3, 0.4) is 0 Å². The summed E-state index contributed by atoms with van der Waals surface area (Å²) in [6, 6.07) is 2.02. The van der Waals surface area contributed by atoms with Gasteiger partial charge >= 0.3 is 0 Å². The van der Waals surface area contributed by atoms with Crippen molar-refractivity contribution in [3.63, 3.8) is 0 Å². The number of rotatable bonds is 2. The summed E-state index contributed by atoms with van der Waals surface area (Å²) in [4.78, 5) is 11.9. The number of piperazine rings is 1. The minimum absolute atomic E-state index is 0.0250. The molecule has 2 rings (SSSR count). The SMILES string of the molecule is CC1CNC(C(=O)Nc2ccnn2C)CN1.